The first kappa shape index (κ1) is 10.5. The van der Waals surface area contributed by atoms with Gasteiger partial charge in [0.05, 0.1) is 0 Å². The predicted molar refractivity (Wildman–Crippen MR) is 51.3 cm³/mol. The Morgan fingerprint density at radius 3 is 1.73 bits per heavy atom. The quantitative estimate of drug-likeness (QED) is 0.540. The molecule has 0 fully saturated rings. The van der Waals surface area contributed by atoms with Gasteiger partial charge in [-0.3, -0.25) is 0 Å². The fourth-order valence-corrected chi connectivity index (χ4v) is 0.692. The molecule has 0 aliphatic rings. The maximum atomic E-state index is 3.09. The summed E-state index contributed by atoms with van der Waals surface area (Å²) in [6.07, 6.45) is 16.1. The number of rotatable bonds is 6. The lowest BCUT2D eigenvalue weighted by molar-refractivity contribution is 0.955. The molecule has 0 heterocycles. The SMILES string of the molecule is CCC/C=C/[C]/C=C/CCC. The summed E-state index contributed by atoms with van der Waals surface area (Å²) in [4.78, 5) is 0. The average Bonchev–Trinajstić information content (AvgIpc) is 2.03. The summed E-state index contributed by atoms with van der Waals surface area (Å²) in [5, 5.41) is 0. The zero-order valence-electron chi connectivity index (χ0n) is 7.64. The third-order valence-electron chi connectivity index (χ3n) is 1.34. The van der Waals surface area contributed by atoms with Gasteiger partial charge in [0, 0.05) is 6.42 Å². The van der Waals surface area contributed by atoms with Gasteiger partial charge in [-0.25, -0.2) is 0 Å². The monoisotopic (exact) mass is 150 g/mol. The molecule has 0 bridgehead atoms. The van der Waals surface area contributed by atoms with E-state index in [-0.39, 0.29) is 0 Å². The van der Waals surface area contributed by atoms with Crippen molar-refractivity contribution >= 4 is 0 Å². The van der Waals surface area contributed by atoms with E-state index in [0.717, 1.165) is 12.8 Å². The van der Waals surface area contributed by atoms with Crippen LogP contribution in [0, 0.1) is 6.42 Å². The Balaban J connectivity index is 3.11. The molecule has 0 heteroatoms. The normalized spacial score (nSPS) is 11.8. The Bertz CT molecular complexity index is 95.2. The van der Waals surface area contributed by atoms with Crippen LogP contribution in [0.3, 0.4) is 0 Å². The van der Waals surface area contributed by atoms with Crippen LogP contribution in [0.25, 0.3) is 0 Å². The average molecular weight is 150 g/mol. The maximum absolute atomic E-state index is 3.09. The van der Waals surface area contributed by atoms with E-state index in [1.807, 2.05) is 12.2 Å². The van der Waals surface area contributed by atoms with Gasteiger partial charge in [-0.15, -0.1) is 0 Å². The van der Waals surface area contributed by atoms with Gasteiger partial charge in [-0.2, -0.15) is 0 Å². The fourth-order valence-electron chi connectivity index (χ4n) is 0.692. The Kier molecular flexibility index (Phi) is 9.03. The van der Waals surface area contributed by atoms with Gasteiger partial charge in [0.25, 0.3) is 0 Å². The number of hydrogen-bond donors (Lipinski definition) is 0. The van der Waals surface area contributed by atoms with E-state index >= 15 is 0 Å². The maximum Gasteiger partial charge on any atom is 0.0337 e. The Morgan fingerprint density at radius 1 is 0.909 bits per heavy atom. The van der Waals surface area contributed by atoms with Crippen molar-refractivity contribution in [2.45, 2.75) is 39.5 Å². The molecule has 2 radical (unpaired) electrons. The Labute approximate surface area is 71.0 Å². The smallest absolute Gasteiger partial charge is 0.0337 e. The lowest BCUT2D eigenvalue weighted by Gasteiger charge is -1.83. The van der Waals surface area contributed by atoms with Crippen molar-refractivity contribution in [3.05, 3.63) is 30.7 Å². The van der Waals surface area contributed by atoms with Gasteiger partial charge in [-0.1, -0.05) is 51.0 Å². The summed E-state index contributed by atoms with van der Waals surface area (Å²) in [7, 11) is 0. The van der Waals surface area contributed by atoms with E-state index in [2.05, 4.69) is 32.4 Å². The molecule has 0 unspecified atom stereocenters. The van der Waals surface area contributed by atoms with Crippen LogP contribution >= 0.6 is 0 Å². The Hall–Kier alpha value is -0.520. The molecule has 0 N–H and O–H groups in total. The summed E-state index contributed by atoms with van der Waals surface area (Å²) in [5.41, 5.74) is 0. The van der Waals surface area contributed by atoms with E-state index in [1.165, 1.54) is 12.8 Å². The second-order valence-corrected chi connectivity index (χ2v) is 2.55. The van der Waals surface area contributed by atoms with Crippen LogP contribution in [-0.2, 0) is 0 Å². The molecule has 0 rings (SSSR count). The van der Waals surface area contributed by atoms with Crippen LogP contribution in [0.15, 0.2) is 24.3 Å². The topological polar surface area (TPSA) is 0 Å². The molecule has 0 nitrogen and oxygen atoms in total. The molecule has 0 aromatic rings. The second-order valence-electron chi connectivity index (χ2n) is 2.55. The standard InChI is InChI=1S/C11H18/c1-3-5-7-9-11-10-8-6-4-2/h7-10H,3-6H2,1-2H3/b9-7+,10-8+. The highest BCUT2D eigenvalue weighted by molar-refractivity contribution is 5.07. The molecule has 0 atom stereocenters. The van der Waals surface area contributed by atoms with Crippen LogP contribution in [0.5, 0.6) is 0 Å². The molecule has 0 aliphatic heterocycles. The van der Waals surface area contributed by atoms with Crippen molar-refractivity contribution in [3.63, 3.8) is 0 Å². The summed E-state index contributed by atoms with van der Waals surface area (Å²) in [6.45, 7) is 4.36. The van der Waals surface area contributed by atoms with Crippen LogP contribution in [0.2, 0.25) is 0 Å². The molecular weight excluding hydrogens is 132 g/mol. The summed E-state index contributed by atoms with van der Waals surface area (Å²) in [6, 6.07) is 0. The van der Waals surface area contributed by atoms with E-state index < -0.39 is 0 Å². The van der Waals surface area contributed by atoms with E-state index in [9.17, 15) is 0 Å². The second kappa shape index (κ2) is 9.48. The first-order valence-electron chi connectivity index (χ1n) is 4.47. The van der Waals surface area contributed by atoms with E-state index in [4.69, 9.17) is 0 Å². The Morgan fingerprint density at radius 2 is 1.36 bits per heavy atom. The molecule has 0 aromatic carbocycles. The number of hydrogen-bond acceptors (Lipinski definition) is 0. The minimum Gasteiger partial charge on any atom is -0.0876 e. The molecule has 0 aromatic heterocycles. The number of allylic oxidation sites excluding steroid dienone is 4. The highest BCUT2D eigenvalue weighted by Gasteiger charge is 1.74. The highest BCUT2D eigenvalue weighted by Crippen LogP contribution is 1.93. The van der Waals surface area contributed by atoms with Crippen molar-refractivity contribution in [1.82, 2.24) is 0 Å². The minimum atomic E-state index is 1.16. The van der Waals surface area contributed by atoms with Crippen LogP contribution in [0.4, 0.5) is 0 Å². The van der Waals surface area contributed by atoms with E-state index in [1.54, 1.807) is 0 Å². The zero-order chi connectivity index (χ0) is 8.36. The largest absolute Gasteiger partial charge is 0.0876 e. The van der Waals surface area contributed by atoms with Crippen LogP contribution < -0.4 is 0 Å². The molecular formula is C11H18. The molecule has 11 heavy (non-hydrogen) atoms. The molecule has 0 saturated heterocycles. The first-order valence-corrected chi connectivity index (χ1v) is 4.47. The number of unbranched alkanes of at least 4 members (excludes halogenated alkanes) is 2. The third kappa shape index (κ3) is 9.48. The molecule has 0 spiro atoms. The van der Waals surface area contributed by atoms with Crippen LogP contribution in [-0.4, -0.2) is 0 Å². The van der Waals surface area contributed by atoms with Gasteiger partial charge >= 0.3 is 0 Å². The summed E-state index contributed by atoms with van der Waals surface area (Å²) in [5.74, 6) is 0. The lowest BCUT2D eigenvalue weighted by Crippen LogP contribution is -1.64. The van der Waals surface area contributed by atoms with Crippen molar-refractivity contribution in [3.8, 4) is 0 Å². The van der Waals surface area contributed by atoms with Gasteiger partial charge in [-0.05, 0) is 12.8 Å². The van der Waals surface area contributed by atoms with E-state index in [0.29, 0.717) is 0 Å². The van der Waals surface area contributed by atoms with Crippen molar-refractivity contribution in [2.24, 2.45) is 0 Å². The molecule has 0 saturated carbocycles. The fraction of sp³-hybridized carbons (Fsp3) is 0.545. The van der Waals surface area contributed by atoms with Gasteiger partial charge in [0.1, 0.15) is 0 Å². The zero-order valence-corrected chi connectivity index (χ0v) is 7.64. The van der Waals surface area contributed by atoms with Gasteiger partial charge in [0.15, 0.2) is 0 Å². The minimum absolute atomic E-state index is 1.16. The lowest BCUT2D eigenvalue weighted by atomic mass is 10.2. The summed E-state index contributed by atoms with van der Waals surface area (Å²) < 4.78 is 0. The van der Waals surface area contributed by atoms with Crippen molar-refractivity contribution in [2.75, 3.05) is 0 Å². The third-order valence-corrected chi connectivity index (χ3v) is 1.34. The molecule has 0 amide bonds. The van der Waals surface area contributed by atoms with Gasteiger partial charge < -0.3 is 0 Å². The van der Waals surface area contributed by atoms with Crippen LogP contribution in [0.1, 0.15) is 39.5 Å². The highest BCUT2D eigenvalue weighted by atomic mass is 13.8. The predicted octanol–water partition coefficient (Wildman–Crippen LogP) is 3.78. The molecule has 62 valence electrons. The van der Waals surface area contributed by atoms with Crippen molar-refractivity contribution in [1.29, 1.82) is 0 Å². The van der Waals surface area contributed by atoms with Crippen molar-refractivity contribution < 1.29 is 0 Å². The van der Waals surface area contributed by atoms with Gasteiger partial charge in [0.2, 0.25) is 0 Å². The molecule has 0 aliphatic carbocycles. The first-order chi connectivity index (χ1) is 5.41. The summed E-state index contributed by atoms with van der Waals surface area (Å²) >= 11 is 0.